The van der Waals surface area contributed by atoms with Gasteiger partial charge in [0.2, 0.25) is 0 Å². The number of hydrogen-bond donors (Lipinski definition) is 1. The number of rotatable bonds is 18. The Morgan fingerprint density at radius 1 is 0.967 bits per heavy atom. The van der Waals surface area contributed by atoms with Crippen LogP contribution in [0.1, 0.15) is 117 Å². The van der Waals surface area contributed by atoms with E-state index in [4.69, 9.17) is 9.47 Å². The zero-order valence-corrected chi connectivity index (χ0v) is 20.2. The minimum absolute atomic E-state index is 0.0333. The Hall–Kier alpha value is -0.640. The molecule has 0 aromatic carbocycles. The van der Waals surface area contributed by atoms with Gasteiger partial charge in [-0.15, -0.1) is 0 Å². The average molecular weight is 423 g/mol. The molecule has 1 rings (SSSR count). The molecule has 1 heterocycles. The van der Waals surface area contributed by atoms with E-state index in [2.05, 4.69) is 45.1 Å². The van der Waals surface area contributed by atoms with Crippen LogP contribution in [0.25, 0.3) is 0 Å². The molecular weight excluding hydrogens is 372 g/mol. The van der Waals surface area contributed by atoms with E-state index in [1.807, 2.05) is 0 Å². The minimum atomic E-state index is -0.299. The molecule has 0 saturated carbocycles. The fourth-order valence-corrected chi connectivity index (χ4v) is 3.98. The largest absolute Gasteiger partial charge is 0.393 e. The number of ether oxygens (including phenoxy) is 2. The zero-order valence-electron chi connectivity index (χ0n) is 20.2. The van der Waals surface area contributed by atoms with Crippen molar-refractivity contribution in [2.24, 2.45) is 5.92 Å². The van der Waals surface area contributed by atoms with Gasteiger partial charge in [0.25, 0.3) is 0 Å². The van der Waals surface area contributed by atoms with E-state index in [0.717, 1.165) is 38.7 Å². The molecule has 0 aromatic heterocycles. The van der Waals surface area contributed by atoms with Crippen molar-refractivity contribution in [1.82, 2.24) is 0 Å². The molecule has 0 spiro atoms. The van der Waals surface area contributed by atoms with Crippen LogP contribution in [0.2, 0.25) is 0 Å². The highest BCUT2D eigenvalue weighted by molar-refractivity contribution is 4.94. The van der Waals surface area contributed by atoms with Crippen molar-refractivity contribution in [3.8, 4) is 0 Å². The molecule has 3 heteroatoms. The standard InChI is InChI=1S/C27H50O3/c1-4-6-8-10-11-12-13-14-16-20-25(30-27-21-17-18-22-29-27)23-26(28)24(3)19-15-9-7-5-2/h11-12,14,16,24-28H,4-10,13,15,17-23H2,1-3H3/t24?,25?,26?,27-/m1/s1. The van der Waals surface area contributed by atoms with Crippen molar-refractivity contribution in [3.63, 3.8) is 0 Å². The first kappa shape index (κ1) is 27.4. The van der Waals surface area contributed by atoms with Crippen LogP contribution < -0.4 is 0 Å². The van der Waals surface area contributed by atoms with Crippen molar-refractivity contribution >= 4 is 0 Å². The molecule has 3 nitrogen and oxygen atoms in total. The first-order valence-electron chi connectivity index (χ1n) is 12.9. The smallest absolute Gasteiger partial charge is 0.157 e. The summed E-state index contributed by atoms with van der Waals surface area (Å²) < 4.78 is 12.1. The molecule has 30 heavy (non-hydrogen) atoms. The van der Waals surface area contributed by atoms with Crippen molar-refractivity contribution in [3.05, 3.63) is 24.3 Å². The van der Waals surface area contributed by atoms with Crippen LogP contribution in [0.15, 0.2) is 24.3 Å². The van der Waals surface area contributed by atoms with Gasteiger partial charge in [0.15, 0.2) is 6.29 Å². The van der Waals surface area contributed by atoms with E-state index in [0.29, 0.717) is 12.3 Å². The first-order chi connectivity index (χ1) is 14.7. The molecule has 1 saturated heterocycles. The van der Waals surface area contributed by atoms with Gasteiger partial charge < -0.3 is 14.6 Å². The summed E-state index contributed by atoms with van der Waals surface area (Å²) >= 11 is 0. The third-order valence-corrected chi connectivity index (χ3v) is 6.14. The molecule has 0 amide bonds. The molecule has 0 aromatic rings. The summed E-state index contributed by atoms with van der Waals surface area (Å²) in [4.78, 5) is 0. The summed E-state index contributed by atoms with van der Waals surface area (Å²) in [5.74, 6) is 0.329. The highest BCUT2D eigenvalue weighted by Gasteiger charge is 2.24. The van der Waals surface area contributed by atoms with Crippen LogP contribution in [0, 0.1) is 5.92 Å². The van der Waals surface area contributed by atoms with Crippen LogP contribution in [-0.4, -0.2) is 30.2 Å². The van der Waals surface area contributed by atoms with Gasteiger partial charge in [-0.2, -0.15) is 0 Å². The summed E-state index contributed by atoms with van der Waals surface area (Å²) in [6.07, 6.45) is 25.7. The molecule has 1 aliphatic rings. The highest BCUT2D eigenvalue weighted by Crippen LogP contribution is 2.23. The molecule has 0 bridgehead atoms. The lowest BCUT2D eigenvalue weighted by molar-refractivity contribution is -0.193. The molecule has 0 aliphatic carbocycles. The summed E-state index contributed by atoms with van der Waals surface area (Å²) in [6, 6.07) is 0. The van der Waals surface area contributed by atoms with Gasteiger partial charge in [-0.3, -0.25) is 0 Å². The van der Waals surface area contributed by atoms with Gasteiger partial charge in [0, 0.05) is 13.0 Å². The average Bonchev–Trinajstić information content (AvgIpc) is 2.76. The predicted molar refractivity (Wildman–Crippen MR) is 129 cm³/mol. The van der Waals surface area contributed by atoms with E-state index in [1.54, 1.807) is 0 Å². The van der Waals surface area contributed by atoms with Gasteiger partial charge in [-0.25, -0.2) is 0 Å². The molecule has 0 radical (unpaired) electrons. The Balaban J connectivity index is 2.41. The number of allylic oxidation sites excluding steroid dienone is 3. The van der Waals surface area contributed by atoms with Crippen LogP contribution in [0.4, 0.5) is 0 Å². The number of aliphatic hydroxyl groups is 1. The number of hydrogen-bond acceptors (Lipinski definition) is 3. The second-order valence-electron chi connectivity index (χ2n) is 9.09. The second kappa shape index (κ2) is 19.1. The maximum atomic E-state index is 10.8. The lowest BCUT2D eigenvalue weighted by Gasteiger charge is -2.30. The predicted octanol–water partition coefficient (Wildman–Crippen LogP) is 7.73. The van der Waals surface area contributed by atoms with E-state index in [-0.39, 0.29) is 18.5 Å². The fraction of sp³-hybridized carbons (Fsp3) is 0.852. The molecule has 1 N–H and O–H groups in total. The molecule has 4 atom stereocenters. The summed E-state index contributed by atoms with van der Waals surface area (Å²) in [5, 5.41) is 10.8. The zero-order chi connectivity index (χ0) is 21.9. The topological polar surface area (TPSA) is 38.7 Å². The van der Waals surface area contributed by atoms with E-state index in [9.17, 15) is 5.11 Å². The highest BCUT2D eigenvalue weighted by atomic mass is 16.7. The van der Waals surface area contributed by atoms with Gasteiger partial charge >= 0.3 is 0 Å². The van der Waals surface area contributed by atoms with Gasteiger partial charge in [0.05, 0.1) is 12.2 Å². The van der Waals surface area contributed by atoms with Crippen molar-refractivity contribution < 1.29 is 14.6 Å². The third-order valence-electron chi connectivity index (χ3n) is 6.14. The molecule has 1 fully saturated rings. The number of aliphatic hydroxyl groups excluding tert-OH is 1. The summed E-state index contributed by atoms with van der Waals surface area (Å²) in [5.41, 5.74) is 0. The molecular formula is C27H50O3. The van der Waals surface area contributed by atoms with Crippen molar-refractivity contribution in [1.29, 1.82) is 0 Å². The van der Waals surface area contributed by atoms with Gasteiger partial charge in [-0.05, 0) is 57.3 Å². The van der Waals surface area contributed by atoms with Crippen LogP contribution in [0.5, 0.6) is 0 Å². The van der Waals surface area contributed by atoms with Crippen LogP contribution in [0.3, 0.4) is 0 Å². The Morgan fingerprint density at radius 3 is 2.47 bits per heavy atom. The summed E-state index contributed by atoms with van der Waals surface area (Å²) in [7, 11) is 0. The Labute approximate surface area is 187 Å². The normalized spacial score (nSPS) is 20.7. The molecule has 3 unspecified atom stereocenters. The van der Waals surface area contributed by atoms with Gasteiger partial charge in [-0.1, -0.05) is 83.6 Å². The maximum absolute atomic E-state index is 10.8. The van der Waals surface area contributed by atoms with Crippen molar-refractivity contribution in [2.45, 2.75) is 136 Å². The molecule has 176 valence electrons. The maximum Gasteiger partial charge on any atom is 0.157 e. The van der Waals surface area contributed by atoms with Crippen LogP contribution in [-0.2, 0) is 9.47 Å². The second-order valence-corrected chi connectivity index (χ2v) is 9.09. The third kappa shape index (κ3) is 14.4. The fourth-order valence-electron chi connectivity index (χ4n) is 3.98. The van der Waals surface area contributed by atoms with Crippen LogP contribution >= 0.6 is 0 Å². The minimum Gasteiger partial charge on any atom is -0.393 e. The van der Waals surface area contributed by atoms with E-state index < -0.39 is 0 Å². The monoisotopic (exact) mass is 422 g/mol. The van der Waals surface area contributed by atoms with Crippen molar-refractivity contribution in [2.75, 3.05) is 6.61 Å². The van der Waals surface area contributed by atoms with E-state index >= 15 is 0 Å². The quantitative estimate of drug-likeness (QED) is 0.181. The number of unbranched alkanes of at least 4 members (excludes halogenated alkanes) is 6. The summed E-state index contributed by atoms with van der Waals surface area (Å²) in [6.45, 7) is 7.47. The first-order valence-corrected chi connectivity index (χ1v) is 12.9. The lowest BCUT2D eigenvalue weighted by Crippen LogP contribution is -2.32. The Morgan fingerprint density at radius 2 is 1.73 bits per heavy atom. The Kier molecular flexibility index (Phi) is 17.4. The SMILES string of the molecule is CCCCCC=CCC=CCC(CC(O)C(C)CCCCCC)O[C@@H]1CCCCO1. The Bertz CT molecular complexity index is 426. The molecule has 1 aliphatic heterocycles. The van der Waals surface area contributed by atoms with E-state index in [1.165, 1.54) is 57.8 Å². The lowest BCUT2D eigenvalue weighted by atomic mass is 9.92. The van der Waals surface area contributed by atoms with Gasteiger partial charge in [0.1, 0.15) is 0 Å².